The van der Waals surface area contributed by atoms with Crippen LogP contribution in [0.15, 0.2) is 83.5 Å². The number of methoxy groups -OCH3 is 1. The Kier molecular flexibility index (Phi) is 5.39. The minimum absolute atomic E-state index is 0.187. The van der Waals surface area contributed by atoms with Crippen LogP contribution < -0.4 is 10.1 Å². The number of hydrogen-bond acceptors (Lipinski definition) is 4. The third-order valence-electron chi connectivity index (χ3n) is 4.41. The maximum atomic E-state index is 12.5. The quantitative estimate of drug-likeness (QED) is 0.468. The van der Waals surface area contributed by atoms with Gasteiger partial charge in [-0.1, -0.05) is 33.3 Å². The monoisotopic (exact) mass is 448 g/mol. The maximum absolute atomic E-state index is 12.5. The Morgan fingerprint density at radius 3 is 2.31 bits per heavy atom. The average Bonchev–Trinajstić information content (AvgIpc) is 3.25. The first kappa shape index (κ1) is 18.9. The molecule has 0 aliphatic heterocycles. The summed E-state index contributed by atoms with van der Waals surface area (Å²) >= 11 is 3.44. The van der Waals surface area contributed by atoms with Gasteiger partial charge >= 0.3 is 0 Å². The van der Waals surface area contributed by atoms with Gasteiger partial charge in [-0.3, -0.25) is 4.79 Å². The Balaban J connectivity index is 1.53. The lowest BCUT2D eigenvalue weighted by Crippen LogP contribution is -2.12. The number of ether oxygens (including phenoxy) is 1. The predicted octanol–water partition coefficient (Wildman–Crippen LogP) is 4.96. The minimum Gasteiger partial charge on any atom is -0.497 e. The van der Waals surface area contributed by atoms with Gasteiger partial charge in [-0.2, -0.15) is 0 Å². The second-order valence-corrected chi connectivity index (χ2v) is 7.18. The summed E-state index contributed by atoms with van der Waals surface area (Å²) in [6, 6.07) is 22.4. The van der Waals surface area contributed by atoms with E-state index in [2.05, 4.69) is 31.6 Å². The third-order valence-corrected chi connectivity index (χ3v) is 4.94. The maximum Gasteiger partial charge on any atom is 0.255 e. The summed E-state index contributed by atoms with van der Waals surface area (Å²) in [4.78, 5) is 12.5. The van der Waals surface area contributed by atoms with Crippen molar-refractivity contribution in [2.24, 2.45) is 0 Å². The predicted molar refractivity (Wildman–Crippen MR) is 115 cm³/mol. The number of hydrogen-bond donors (Lipinski definition) is 1. The molecule has 1 aromatic heterocycles. The summed E-state index contributed by atoms with van der Waals surface area (Å²) in [6.45, 7) is 0. The van der Waals surface area contributed by atoms with E-state index in [9.17, 15) is 4.79 Å². The molecule has 0 atom stereocenters. The van der Waals surface area contributed by atoms with Crippen LogP contribution in [0.25, 0.3) is 16.9 Å². The number of nitrogens with zero attached hydrogens (tertiary/aromatic N) is 3. The van der Waals surface area contributed by atoms with Crippen LogP contribution in [0, 0.1) is 0 Å². The van der Waals surface area contributed by atoms with Crippen LogP contribution in [0.3, 0.4) is 0 Å². The highest BCUT2D eigenvalue weighted by Crippen LogP contribution is 2.24. The summed E-state index contributed by atoms with van der Waals surface area (Å²) in [7, 11) is 1.60. The van der Waals surface area contributed by atoms with Gasteiger partial charge in [0.2, 0.25) is 0 Å². The van der Waals surface area contributed by atoms with Crippen molar-refractivity contribution >= 4 is 27.5 Å². The van der Waals surface area contributed by atoms with Crippen molar-refractivity contribution in [3.05, 3.63) is 89.0 Å². The molecule has 0 spiro atoms. The van der Waals surface area contributed by atoms with E-state index >= 15 is 0 Å². The molecule has 0 unspecified atom stereocenters. The van der Waals surface area contributed by atoms with Crippen LogP contribution >= 0.6 is 15.9 Å². The number of benzene rings is 3. The fraction of sp³-hybridized carbons (Fsp3) is 0.0455. The number of nitrogens with one attached hydrogen (secondary N) is 1. The topological polar surface area (TPSA) is 69.0 Å². The molecule has 29 heavy (non-hydrogen) atoms. The van der Waals surface area contributed by atoms with E-state index in [-0.39, 0.29) is 5.91 Å². The minimum atomic E-state index is -0.187. The van der Waals surface area contributed by atoms with Gasteiger partial charge in [0.05, 0.1) is 24.7 Å². The standard InChI is InChI=1S/C22H17BrN4O2/c1-29-20-12-8-18(9-13-20)25-22(28)16-4-10-19(11-5-16)27-21(14-24-26-27)15-2-6-17(23)7-3-15/h2-14H,1H3,(H,25,28). The van der Waals surface area contributed by atoms with Crippen LogP contribution in [0.2, 0.25) is 0 Å². The van der Waals surface area contributed by atoms with E-state index in [1.807, 2.05) is 36.4 Å². The van der Waals surface area contributed by atoms with Gasteiger partial charge in [-0.05, 0) is 60.7 Å². The summed E-state index contributed by atoms with van der Waals surface area (Å²) in [6.07, 6.45) is 1.72. The van der Waals surface area contributed by atoms with Gasteiger partial charge in [-0.15, -0.1) is 5.10 Å². The first-order valence-corrected chi connectivity index (χ1v) is 9.66. The van der Waals surface area contributed by atoms with Crippen molar-refractivity contribution in [1.29, 1.82) is 0 Å². The fourth-order valence-electron chi connectivity index (χ4n) is 2.87. The van der Waals surface area contributed by atoms with Crippen molar-refractivity contribution < 1.29 is 9.53 Å². The van der Waals surface area contributed by atoms with E-state index in [0.717, 1.165) is 27.2 Å². The molecule has 4 aromatic rings. The third kappa shape index (κ3) is 4.20. The molecule has 1 N–H and O–H groups in total. The molecule has 0 saturated heterocycles. The molecule has 1 heterocycles. The summed E-state index contributed by atoms with van der Waals surface area (Å²) in [5, 5.41) is 11.1. The van der Waals surface area contributed by atoms with Crippen molar-refractivity contribution in [2.75, 3.05) is 12.4 Å². The van der Waals surface area contributed by atoms with Crippen LogP contribution in [-0.2, 0) is 0 Å². The molecule has 0 radical (unpaired) electrons. The number of carbonyl (C=O) groups excluding carboxylic acids is 1. The summed E-state index contributed by atoms with van der Waals surface area (Å²) in [5.74, 6) is 0.551. The SMILES string of the molecule is COc1ccc(NC(=O)c2ccc(-n3nncc3-c3ccc(Br)cc3)cc2)cc1. The molecule has 0 aliphatic rings. The van der Waals surface area contributed by atoms with Gasteiger partial charge in [0, 0.05) is 21.3 Å². The number of rotatable bonds is 5. The van der Waals surface area contributed by atoms with E-state index in [1.165, 1.54) is 0 Å². The van der Waals surface area contributed by atoms with E-state index in [0.29, 0.717) is 11.3 Å². The van der Waals surface area contributed by atoms with E-state index < -0.39 is 0 Å². The Labute approximate surface area is 176 Å². The molecule has 4 rings (SSSR count). The van der Waals surface area contributed by atoms with E-state index in [1.54, 1.807) is 54.4 Å². The van der Waals surface area contributed by atoms with Crippen LogP contribution in [-0.4, -0.2) is 28.0 Å². The molecule has 0 bridgehead atoms. The molecular weight excluding hydrogens is 432 g/mol. The highest BCUT2D eigenvalue weighted by atomic mass is 79.9. The Morgan fingerprint density at radius 2 is 1.66 bits per heavy atom. The Morgan fingerprint density at radius 1 is 0.966 bits per heavy atom. The zero-order valence-corrected chi connectivity index (χ0v) is 17.1. The van der Waals surface area contributed by atoms with Crippen LogP contribution in [0.1, 0.15) is 10.4 Å². The lowest BCUT2D eigenvalue weighted by Gasteiger charge is -2.09. The lowest BCUT2D eigenvalue weighted by molar-refractivity contribution is 0.102. The number of anilines is 1. The number of aromatic nitrogens is 3. The van der Waals surface area contributed by atoms with Gasteiger partial charge in [-0.25, -0.2) is 4.68 Å². The highest BCUT2D eigenvalue weighted by Gasteiger charge is 2.11. The van der Waals surface area contributed by atoms with Crippen molar-refractivity contribution in [3.63, 3.8) is 0 Å². The second-order valence-electron chi connectivity index (χ2n) is 6.27. The number of amides is 1. The van der Waals surface area contributed by atoms with Crippen molar-refractivity contribution in [1.82, 2.24) is 15.0 Å². The molecule has 0 saturated carbocycles. The van der Waals surface area contributed by atoms with Gasteiger partial charge in [0.25, 0.3) is 5.91 Å². The Bertz CT molecular complexity index is 1120. The normalized spacial score (nSPS) is 10.6. The second kappa shape index (κ2) is 8.28. The zero-order chi connectivity index (χ0) is 20.2. The molecule has 3 aromatic carbocycles. The van der Waals surface area contributed by atoms with Gasteiger partial charge in [0.15, 0.2) is 0 Å². The molecule has 6 nitrogen and oxygen atoms in total. The molecule has 144 valence electrons. The van der Waals surface area contributed by atoms with Crippen LogP contribution in [0.5, 0.6) is 5.75 Å². The number of carbonyl (C=O) groups is 1. The molecule has 0 fully saturated rings. The largest absolute Gasteiger partial charge is 0.497 e. The molecule has 0 aliphatic carbocycles. The zero-order valence-electron chi connectivity index (χ0n) is 15.5. The summed E-state index contributed by atoms with van der Waals surface area (Å²) < 4.78 is 7.88. The Hall–Kier alpha value is -3.45. The molecular formula is C22H17BrN4O2. The first-order valence-electron chi connectivity index (χ1n) is 8.86. The summed E-state index contributed by atoms with van der Waals surface area (Å²) in [5.41, 5.74) is 3.94. The lowest BCUT2D eigenvalue weighted by atomic mass is 10.1. The fourth-order valence-corrected chi connectivity index (χ4v) is 3.14. The highest BCUT2D eigenvalue weighted by molar-refractivity contribution is 9.10. The molecule has 7 heteroatoms. The average molecular weight is 449 g/mol. The van der Waals surface area contributed by atoms with Crippen molar-refractivity contribution in [2.45, 2.75) is 0 Å². The van der Waals surface area contributed by atoms with E-state index in [4.69, 9.17) is 4.74 Å². The smallest absolute Gasteiger partial charge is 0.255 e. The van der Waals surface area contributed by atoms with Gasteiger partial charge in [0.1, 0.15) is 5.75 Å². The number of halogens is 1. The molecule has 1 amide bonds. The van der Waals surface area contributed by atoms with Gasteiger partial charge < -0.3 is 10.1 Å². The first-order chi connectivity index (χ1) is 14.1. The van der Waals surface area contributed by atoms with Crippen LogP contribution in [0.4, 0.5) is 5.69 Å². The van der Waals surface area contributed by atoms with Crippen molar-refractivity contribution in [3.8, 4) is 22.7 Å².